The highest BCUT2D eigenvalue weighted by molar-refractivity contribution is 5.93. The van der Waals surface area contributed by atoms with Crippen LogP contribution in [-0.4, -0.2) is 65.3 Å². The Labute approximate surface area is 196 Å². The number of aromatic nitrogens is 4. The number of halogens is 2. The summed E-state index contributed by atoms with van der Waals surface area (Å²) in [6, 6.07) is 9.24. The van der Waals surface area contributed by atoms with Crippen LogP contribution in [0.5, 0.6) is 5.75 Å². The molecule has 2 atom stereocenters. The third-order valence-corrected chi connectivity index (χ3v) is 5.64. The Kier molecular flexibility index (Phi) is 7.19. The highest BCUT2D eigenvalue weighted by Gasteiger charge is 2.26. The summed E-state index contributed by atoms with van der Waals surface area (Å²) in [6.45, 7) is 2.87. The van der Waals surface area contributed by atoms with Gasteiger partial charge in [-0.3, -0.25) is 9.89 Å². The molecule has 0 aliphatic carbocycles. The van der Waals surface area contributed by atoms with Gasteiger partial charge in [0.15, 0.2) is 0 Å². The second-order valence-electron chi connectivity index (χ2n) is 8.21. The van der Waals surface area contributed by atoms with Gasteiger partial charge < -0.3 is 19.9 Å². The molecule has 0 bridgehead atoms. The van der Waals surface area contributed by atoms with Crippen LogP contribution in [0.2, 0.25) is 0 Å². The maximum absolute atomic E-state index is 12.7. The average molecular weight is 472 g/mol. The van der Waals surface area contributed by atoms with Crippen molar-refractivity contribution < 1.29 is 18.3 Å². The van der Waals surface area contributed by atoms with Gasteiger partial charge in [-0.05, 0) is 30.7 Å². The van der Waals surface area contributed by atoms with Crippen LogP contribution in [0.3, 0.4) is 0 Å². The highest BCUT2D eigenvalue weighted by Crippen LogP contribution is 2.25. The van der Waals surface area contributed by atoms with Gasteiger partial charge in [0.1, 0.15) is 17.7 Å². The lowest BCUT2D eigenvalue weighted by atomic mass is 10.1. The van der Waals surface area contributed by atoms with Crippen LogP contribution in [0, 0.1) is 0 Å². The van der Waals surface area contributed by atoms with Gasteiger partial charge in [-0.2, -0.15) is 10.1 Å². The number of nitrogens with zero attached hydrogens (tertiary/aromatic N) is 5. The zero-order valence-electron chi connectivity index (χ0n) is 19.0. The number of rotatable bonds is 9. The number of H-pyrrole nitrogens is 1. The molecule has 180 valence electrons. The van der Waals surface area contributed by atoms with E-state index in [4.69, 9.17) is 4.74 Å². The molecule has 0 radical (unpaired) electrons. The predicted octanol–water partition coefficient (Wildman–Crippen LogP) is 3.05. The SMILES string of the molecule is C[C@H](NC(=O)c1cn[nH]c1)c1ccc(OC2CCN(c3ccnc(N(C)CC(F)F)n3)C2)cc1. The van der Waals surface area contributed by atoms with Gasteiger partial charge in [-0.25, -0.2) is 13.8 Å². The van der Waals surface area contributed by atoms with E-state index in [0.29, 0.717) is 17.9 Å². The van der Waals surface area contributed by atoms with E-state index in [1.54, 1.807) is 25.5 Å². The Bertz CT molecular complexity index is 1080. The molecule has 3 aromatic rings. The maximum atomic E-state index is 12.7. The maximum Gasteiger partial charge on any atom is 0.255 e. The summed E-state index contributed by atoms with van der Waals surface area (Å²) in [6.07, 6.45) is 2.94. The molecular weight excluding hydrogens is 444 g/mol. The van der Waals surface area contributed by atoms with Gasteiger partial charge in [-0.15, -0.1) is 0 Å². The molecule has 1 aliphatic rings. The molecule has 3 heterocycles. The normalized spacial score (nSPS) is 16.5. The number of carbonyl (C=O) groups excluding carboxylic acids is 1. The number of anilines is 2. The molecule has 0 saturated carbocycles. The van der Waals surface area contributed by atoms with Gasteiger partial charge in [0, 0.05) is 32.4 Å². The highest BCUT2D eigenvalue weighted by atomic mass is 19.3. The summed E-state index contributed by atoms with van der Waals surface area (Å²) >= 11 is 0. The lowest BCUT2D eigenvalue weighted by Gasteiger charge is -2.21. The monoisotopic (exact) mass is 471 g/mol. The first-order valence-corrected chi connectivity index (χ1v) is 11.0. The van der Waals surface area contributed by atoms with Crippen molar-refractivity contribution in [1.29, 1.82) is 0 Å². The van der Waals surface area contributed by atoms with Crippen molar-refractivity contribution in [2.24, 2.45) is 0 Å². The summed E-state index contributed by atoms with van der Waals surface area (Å²) in [4.78, 5) is 24.1. The van der Waals surface area contributed by atoms with E-state index in [-0.39, 0.29) is 24.0 Å². The van der Waals surface area contributed by atoms with Crippen LogP contribution in [0.25, 0.3) is 0 Å². The van der Waals surface area contributed by atoms with Crippen LogP contribution < -0.4 is 19.9 Å². The first kappa shape index (κ1) is 23.4. The topological polar surface area (TPSA) is 99.3 Å². The van der Waals surface area contributed by atoms with Crippen LogP contribution in [0.1, 0.15) is 35.3 Å². The van der Waals surface area contributed by atoms with Crippen LogP contribution >= 0.6 is 0 Å². The minimum absolute atomic E-state index is 0.0266. The van der Waals surface area contributed by atoms with E-state index >= 15 is 0 Å². The van der Waals surface area contributed by atoms with Gasteiger partial charge >= 0.3 is 0 Å². The number of hydrogen-bond donors (Lipinski definition) is 2. The quantitative estimate of drug-likeness (QED) is 0.495. The minimum atomic E-state index is -2.45. The second kappa shape index (κ2) is 10.4. The van der Waals surface area contributed by atoms with Gasteiger partial charge in [0.2, 0.25) is 5.95 Å². The number of nitrogens with one attached hydrogen (secondary N) is 2. The molecule has 1 amide bonds. The van der Waals surface area contributed by atoms with Crippen molar-refractivity contribution in [3.05, 3.63) is 60.0 Å². The smallest absolute Gasteiger partial charge is 0.255 e. The molecule has 34 heavy (non-hydrogen) atoms. The lowest BCUT2D eigenvalue weighted by molar-refractivity contribution is 0.0940. The molecule has 4 rings (SSSR count). The van der Waals surface area contributed by atoms with Crippen molar-refractivity contribution in [1.82, 2.24) is 25.5 Å². The fraction of sp³-hybridized carbons (Fsp3) is 0.391. The Morgan fingerprint density at radius 2 is 2.12 bits per heavy atom. The first-order chi connectivity index (χ1) is 16.4. The van der Waals surface area contributed by atoms with E-state index < -0.39 is 13.0 Å². The Balaban J connectivity index is 1.31. The molecule has 11 heteroatoms. The minimum Gasteiger partial charge on any atom is -0.489 e. The molecule has 2 aromatic heterocycles. The summed E-state index contributed by atoms with van der Waals surface area (Å²) in [5, 5.41) is 9.35. The molecule has 9 nitrogen and oxygen atoms in total. The zero-order chi connectivity index (χ0) is 24.1. The Morgan fingerprint density at radius 1 is 1.32 bits per heavy atom. The molecule has 2 N–H and O–H groups in total. The standard InChI is InChI=1S/C23H27F2N7O2/c1-15(29-22(33)17-11-27-28-12-17)16-3-5-18(6-4-16)34-19-8-10-32(13-19)21-7-9-26-23(30-21)31(2)14-20(24)25/h3-7,9,11-12,15,19-20H,8,10,13-14H2,1-2H3,(H,27,28)(H,29,33)/t15-,19?/m0/s1. The fourth-order valence-corrected chi connectivity index (χ4v) is 3.79. The summed E-state index contributed by atoms with van der Waals surface area (Å²) in [5.74, 6) is 1.51. The molecule has 1 saturated heterocycles. The van der Waals surface area contributed by atoms with E-state index in [9.17, 15) is 13.6 Å². The largest absolute Gasteiger partial charge is 0.489 e. The lowest BCUT2D eigenvalue weighted by Crippen LogP contribution is -2.28. The van der Waals surface area contributed by atoms with Crippen molar-refractivity contribution >= 4 is 17.7 Å². The summed E-state index contributed by atoms with van der Waals surface area (Å²) < 4.78 is 31.5. The van der Waals surface area contributed by atoms with Crippen molar-refractivity contribution in [2.75, 3.05) is 36.5 Å². The van der Waals surface area contributed by atoms with Crippen LogP contribution in [0.4, 0.5) is 20.5 Å². The van der Waals surface area contributed by atoms with Crippen molar-refractivity contribution in [3.8, 4) is 5.75 Å². The number of hydrogen-bond acceptors (Lipinski definition) is 7. The molecule has 1 aromatic carbocycles. The predicted molar refractivity (Wildman–Crippen MR) is 123 cm³/mol. The first-order valence-electron chi connectivity index (χ1n) is 11.0. The number of carbonyl (C=O) groups is 1. The third kappa shape index (κ3) is 5.77. The van der Waals surface area contributed by atoms with E-state index in [1.807, 2.05) is 31.2 Å². The second-order valence-corrected chi connectivity index (χ2v) is 8.21. The van der Waals surface area contributed by atoms with Crippen LogP contribution in [0.15, 0.2) is 48.9 Å². The van der Waals surface area contributed by atoms with Crippen molar-refractivity contribution in [2.45, 2.75) is 31.9 Å². The van der Waals surface area contributed by atoms with Gasteiger partial charge in [0.05, 0.1) is 30.9 Å². The van der Waals surface area contributed by atoms with E-state index in [1.165, 1.54) is 11.1 Å². The average Bonchev–Trinajstić information content (AvgIpc) is 3.52. The molecule has 0 spiro atoms. The van der Waals surface area contributed by atoms with Crippen molar-refractivity contribution in [3.63, 3.8) is 0 Å². The number of aromatic amines is 1. The zero-order valence-corrected chi connectivity index (χ0v) is 19.0. The third-order valence-electron chi connectivity index (χ3n) is 5.64. The number of benzene rings is 1. The van der Waals surface area contributed by atoms with Gasteiger partial charge in [-0.1, -0.05) is 12.1 Å². The fourth-order valence-electron chi connectivity index (χ4n) is 3.79. The van der Waals surface area contributed by atoms with E-state index in [2.05, 4.69) is 30.4 Å². The molecular formula is C23H27F2N7O2. The number of amides is 1. The van der Waals surface area contributed by atoms with Gasteiger partial charge in [0.25, 0.3) is 12.3 Å². The number of ether oxygens (including phenoxy) is 1. The molecule has 1 aliphatic heterocycles. The number of alkyl halides is 2. The molecule has 1 unspecified atom stereocenters. The summed E-state index contributed by atoms with van der Waals surface area (Å²) in [7, 11) is 1.55. The van der Waals surface area contributed by atoms with E-state index in [0.717, 1.165) is 24.3 Å². The summed E-state index contributed by atoms with van der Waals surface area (Å²) in [5.41, 5.74) is 1.44. The molecule has 1 fully saturated rings. The Morgan fingerprint density at radius 3 is 2.82 bits per heavy atom. The Hall–Kier alpha value is -3.76. The van der Waals surface area contributed by atoms with Crippen LogP contribution in [-0.2, 0) is 0 Å².